The van der Waals surface area contributed by atoms with Gasteiger partial charge in [0.1, 0.15) is 5.75 Å². The standard InChI is InChI=1S/C18H23NO/c1-20-18-13-6-5-12-17(18)15-19-14-8-7-11-16-9-3-2-4-10-16/h2-6,9-10,12-13,19H,7-8,11,14-15H2,1H3. The van der Waals surface area contributed by atoms with Crippen molar-refractivity contribution in [3.05, 3.63) is 65.7 Å². The molecule has 2 aromatic rings. The van der Waals surface area contributed by atoms with Crippen LogP contribution >= 0.6 is 0 Å². The number of para-hydroxylation sites is 1. The van der Waals surface area contributed by atoms with Gasteiger partial charge in [0.25, 0.3) is 0 Å². The van der Waals surface area contributed by atoms with Crippen molar-refractivity contribution in [3.63, 3.8) is 0 Å². The summed E-state index contributed by atoms with van der Waals surface area (Å²) in [5.41, 5.74) is 2.65. The zero-order valence-corrected chi connectivity index (χ0v) is 12.1. The molecule has 2 rings (SSSR count). The van der Waals surface area contributed by atoms with Gasteiger partial charge in [0.15, 0.2) is 0 Å². The Morgan fingerprint density at radius 3 is 2.45 bits per heavy atom. The van der Waals surface area contributed by atoms with Gasteiger partial charge >= 0.3 is 0 Å². The number of hydrogen-bond acceptors (Lipinski definition) is 2. The third kappa shape index (κ3) is 4.71. The van der Waals surface area contributed by atoms with Gasteiger partial charge in [-0.15, -0.1) is 0 Å². The van der Waals surface area contributed by atoms with Crippen LogP contribution in [0.3, 0.4) is 0 Å². The van der Waals surface area contributed by atoms with E-state index in [1.807, 2.05) is 12.1 Å². The average Bonchev–Trinajstić information content (AvgIpc) is 2.52. The fourth-order valence-electron chi connectivity index (χ4n) is 2.30. The highest BCUT2D eigenvalue weighted by Gasteiger charge is 2.00. The van der Waals surface area contributed by atoms with Crippen molar-refractivity contribution < 1.29 is 4.74 Å². The van der Waals surface area contributed by atoms with Crippen molar-refractivity contribution in [1.29, 1.82) is 0 Å². The van der Waals surface area contributed by atoms with Crippen molar-refractivity contribution in [1.82, 2.24) is 5.32 Å². The monoisotopic (exact) mass is 269 g/mol. The Kier molecular flexibility index (Phi) is 6.12. The fraction of sp³-hybridized carbons (Fsp3) is 0.333. The van der Waals surface area contributed by atoms with Crippen LogP contribution in [0.15, 0.2) is 54.6 Å². The Balaban J connectivity index is 1.62. The van der Waals surface area contributed by atoms with Gasteiger partial charge < -0.3 is 10.1 Å². The maximum absolute atomic E-state index is 5.34. The predicted octanol–water partition coefficient (Wildman–Crippen LogP) is 3.81. The number of rotatable bonds is 8. The van der Waals surface area contributed by atoms with Gasteiger partial charge in [-0.2, -0.15) is 0 Å². The molecule has 20 heavy (non-hydrogen) atoms. The first-order valence-electron chi connectivity index (χ1n) is 7.26. The summed E-state index contributed by atoms with van der Waals surface area (Å²) < 4.78 is 5.34. The molecule has 0 saturated heterocycles. The minimum atomic E-state index is 0.870. The lowest BCUT2D eigenvalue weighted by atomic mass is 10.1. The lowest BCUT2D eigenvalue weighted by molar-refractivity contribution is 0.407. The molecular weight excluding hydrogens is 246 g/mol. The summed E-state index contributed by atoms with van der Waals surface area (Å²) in [5, 5.41) is 3.48. The summed E-state index contributed by atoms with van der Waals surface area (Å²) >= 11 is 0. The van der Waals surface area contributed by atoms with E-state index in [1.54, 1.807) is 7.11 Å². The SMILES string of the molecule is COc1ccccc1CNCCCCc1ccccc1. The van der Waals surface area contributed by atoms with Gasteiger partial charge in [-0.25, -0.2) is 0 Å². The number of ether oxygens (including phenoxy) is 1. The van der Waals surface area contributed by atoms with Crippen LogP contribution in [0.4, 0.5) is 0 Å². The second kappa shape index (κ2) is 8.39. The third-order valence-corrected chi connectivity index (χ3v) is 3.42. The number of methoxy groups -OCH3 is 1. The first kappa shape index (κ1) is 14.6. The van der Waals surface area contributed by atoms with Gasteiger partial charge in [-0.05, 0) is 37.4 Å². The number of unbranched alkanes of at least 4 members (excludes halogenated alkanes) is 1. The Hall–Kier alpha value is -1.80. The zero-order valence-electron chi connectivity index (χ0n) is 12.1. The molecule has 0 unspecified atom stereocenters. The molecule has 106 valence electrons. The van der Waals surface area contributed by atoms with E-state index in [2.05, 4.69) is 47.8 Å². The van der Waals surface area contributed by atoms with Gasteiger partial charge in [-0.3, -0.25) is 0 Å². The normalized spacial score (nSPS) is 10.4. The summed E-state index contributed by atoms with van der Waals surface area (Å²) in [6.45, 7) is 1.92. The van der Waals surface area contributed by atoms with E-state index in [-0.39, 0.29) is 0 Å². The first-order valence-corrected chi connectivity index (χ1v) is 7.26. The van der Waals surface area contributed by atoms with Crippen LogP contribution in [0.25, 0.3) is 0 Å². The van der Waals surface area contributed by atoms with Crippen molar-refractivity contribution in [2.75, 3.05) is 13.7 Å². The second-order valence-electron chi connectivity index (χ2n) is 4.93. The Labute approximate surface area is 121 Å². The van der Waals surface area contributed by atoms with Gasteiger partial charge in [-0.1, -0.05) is 48.5 Å². The Morgan fingerprint density at radius 2 is 1.65 bits per heavy atom. The third-order valence-electron chi connectivity index (χ3n) is 3.42. The van der Waals surface area contributed by atoms with Crippen molar-refractivity contribution in [2.24, 2.45) is 0 Å². The van der Waals surface area contributed by atoms with Crippen LogP contribution in [-0.2, 0) is 13.0 Å². The molecule has 0 amide bonds. The molecule has 0 aromatic heterocycles. The first-order chi connectivity index (χ1) is 9.90. The Morgan fingerprint density at radius 1 is 0.900 bits per heavy atom. The van der Waals surface area contributed by atoms with Crippen molar-refractivity contribution in [3.8, 4) is 5.75 Å². The van der Waals surface area contributed by atoms with Gasteiger partial charge in [0.05, 0.1) is 7.11 Å². The van der Waals surface area contributed by atoms with Crippen LogP contribution in [0, 0.1) is 0 Å². The van der Waals surface area contributed by atoms with E-state index < -0.39 is 0 Å². The topological polar surface area (TPSA) is 21.3 Å². The predicted molar refractivity (Wildman–Crippen MR) is 84.1 cm³/mol. The van der Waals surface area contributed by atoms with E-state index in [0.29, 0.717) is 0 Å². The molecule has 2 heteroatoms. The molecule has 0 saturated carbocycles. The number of benzene rings is 2. The maximum Gasteiger partial charge on any atom is 0.123 e. The summed E-state index contributed by atoms with van der Waals surface area (Å²) in [6.07, 6.45) is 3.59. The molecule has 2 nitrogen and oxygen atoms in total. The molecule has 2 aromatic carbocycles. The number of aryl methyl sites for hydroxylation is 1. The lowest BCUT2D eigenvalue weighted by Gasteiger charge is -2.09. The van der Waals surface area contributed by atoms with E-state index in [0.717, 1.165) is 25.3 Å². The van der Waals surface area contributed by atoms with E-state index >= 15 is 0 Å². The maximum atomic E-state index is 5.34. The highest BCUT2D eigenvalue weighted by molar-refractivity contribution is 5.32. The summed E-state index contributed by atoms with van der Waals surface area (Å²) in [4.78, 5) is 0. The summed E-state index contributed by atoms with van der Waals surface area (Å²) in [7, 11) is 1.72. The van der Waals surface area contributed by atoms with Crippen LogP contribution in [0.5, 0.6) is 5.75 Å². The highest BCUT2D eigenvalue weighted by atomic mass is 16.5. The smallest absolute Gasteiger partial charge is 0.123 e. The molecule has 0 radical (unpaired) electrons. The van der Waals surface area contributed by atoms with E-state index in [9.17, 15) is 0 Å². The molecule has 0 heterocycles. The average molecular weight is 269 g/mol. The summed E-state index contributed by atoms with van der Waals surface area (Å²) in [5.74, 6) is 0.962. The largest absolute Gasteiger partial charge is 0.496 e. The summed E-state index contributed by atoms with van der Waals surface area (Å²) in [6, 6.07) is 18.8. The minimum Gasteiger partial charge on any atom is -0.496 e. The van der Waals surface area contributed by atoms with Crippen molar-refractivity contribution >= 4 is 0 Å². The van der Waals surface area contributed by atoms with Crippen LogP contribution in [-0.4, -0.2) is 13.7 Å². The molecule has 1 N–H and O–H groups in total. The van der Waals surface area contributed by atoms with Gasteiger partial charge in [0.2, 0.25) is 0 Å². The zero-order chi connectivity index (χ0) is 14.0. The number of hydrogen-bond donors (Lipinski definition) is 1. The molecular formula is C18H23NO. The van der Waals surface area contributed by atoms with Crippen LogP contribution in [0.2, 0.25) is 0 Å². The van der Waals surface area contributed by atoms with Crippen molar-refractivity contribution in [2.45, 2.75) is 25.8 Å². The van der Waals surface area contributed by atoms with E-state index in [1.165, 1.54) is 24.0 Å². The highest BCUT2D eigenvalue weighted by Crippen LogP contribution is 2.16. The van der Waals surface area contributed by atoms with E-state index in [4.69, 9.17) is 4.74 Å². The second-order valence-corrected chi connectivity index (χ2v) is 4.93. The van der Waals surface area contributed by atoms with Gasteiger partial charge in [0, 0.05) is 12.1 Å². The quantitative estimate of drug-likeness (QED) is 0.736. The molecule has 0 bridgehead atoms. The number of nitrogens with one attached hydrogen (secondary N) is 1. The molecule has 0 aliphatic rings. The molecule has 0 fully saturated rings. The fourth-order valence-corrected chi connectivity index (χ4v) is 2.30. The Bertz CT molecular complexity index is 496. The lowest BCUT2D eigenvalue weighted by Crippen LogP contribution is -2.15. The van der Waals surface area contributed by atoms with Crippen LogP contribution in [0.1, 0.15) is 24.0 Å². The molecule has 0 spiro atoms. The van der Waals surface area contributed by atoms with Crippen LogP contribution < -0.4 is 10.1 Å². The molecule has 0 aliphatic carbocycles. The molecule has 0 aliphatic heterocycles. The minimum absolute atomic E-state index is 0.870. The molecule has 0 atom stereocenters.